The summed E-state index contributed by atoms with van der Waals surface area (Å²) in [6, 6.07) is 1.75. The van der Waals surface area contributed by atoms with Gasteiger partial charge in [0.2, 0.25) is 11.9 Å². The third-order valence-electron chi connectivity index (χ3n) is 4.58. The summed E-state index contributed by atoms with van der Waals surface area (Å²) in [7, 11) is 0. The fourth-order valence-electron chi connectivity index (χ4n) is 2.75. The van der Waals surface area contributed by atoms with Gasteiger partial charge in [0.25, 0.3) is 0 Å². The molecule has 3 N–H and O–H groups in total. The Morgan fingerprint density at radius 1 is 1.11 bits per heavy atom. The van der Waals surface area contributed by atoms with Crippen LogP contribution in [-0.2, 0) is 4.79 Å². The number of anilines is 1. The molecule has 2 heterocycles. The van der Waals surface area contributed by atoms with Gasteiger partial charge >= 0.3 is 6.03 Å². The second-order valence-electron chi connectivity index (χ2n) is 6.69. The zero-order valence-electron chi connectivity index (χ0n) is 16.3. The number of carbonyl (C=O) groups is 2. The molecule has 1 fully saturated rings. The topological polar surface area (TPSA) is 102 Å². The van der Waals surface area contributed by atoms with Gasteiger partial charge in [-0.3, -0.25) is 9.69 Å². The van der Waals surface area contributed by atoms with E-state index in [0.717, 1.165) is 45.1 Å². The van der Waals surface area contributed by atoms with E-state index in [1.54, 1.807) is 12.4 Å². The Kier molecular flexibility index (Phi) is 8.76. The van der Waals surface area contributed by atoms with Crippen molar-refractivity contribution >= 4 is 17.9 Å². The smallest absolute Gasteiger partial charge is 0.314 e. The van der Waals surface area contributed by atoms with Crippen LogP contribution in [0.1, 0.15) is 26.7 Å². The van der Waals surface area contributed by atoms with E-state index in [2.05, 4.69) is 35.7 Å². The zero-order chi connectivity index (χ0) is 19.5. The van der Waals surface area contributed by atoms with Crippen molar-refractivity contribution in [3.8, 4) is 0 Å². The minimum atomic E-state index is -0.234. The molecule has 1 atom stereocenters. The highest BCUT2D eigenvalue weighted by atomic mass is 16.2. The van der Waals surface area contributed by atoms with Gasteiger partial charge in [0.05, 0.1) is 0 Å². The van der Waals surface area contributed by atoms with Crippen LogP contribution >= 0.6 is 0 Å². The second kappa shape index (κ2) is 11.3. The van der Waals surface area contributed by atoms with Crippen molar-refractivity contribution < 1.29 is 9.59 Å². The predicted octanol–water partition coefficient (Wildman–Crippen LogP) is 0.203. The van der Waals surface area contributed by atoms with Gasteiger partial charge in [-0.05, 0) is 19.4 Å². The highest BCUT2D eigenvalue weighted by molar-refractivity contribution is 5.78. The molecule has 0 bridgehead atoms. The summed E-state index contributed by atoms with van der Waals surface area (Å²) < 4.78 is 0. The van der Waals surface area contributed by atoms with Crippen LogP contribution in [0.15, 0.2) is 18.5 Å². The first kappa shape index (κ1) is 20.9. The third kappa shape index (κ3) is 7.78. The maximum atomic E-state index is 11.8. The standard InChI is InChI=1S/C18H31N7O2/c1-3-15(2)23-16(26)5-8-21-18(27)22-9-10-24-11-13-25(14-12-24)17-19-6-4-7-20-17/h4,6-7,15H,3,5,8-14H2,1-2H3,(H,23,26)(H2,21,22,27). The van der Waals surface area contributed by atoms with Crippen LogP contribution in [0.2, 0.25) is 0 Å². The molecule has 1 aliphatic rings. The van der Waals surface area contributed by atoms with E-state index >= 15 is 0 Å². The van der Waals surface area contributed by atoms with Gasteiger partial charge in [-0.25, -0.2) is 14.8 Å². The van der Waals surface area contributed by atoms with Crippen molar-refractivity contribution in [2.75, 3.05) is 50.7 Å². The van der Waals surface area contributed by atoms with Gasteiger partial charge in [0.1, 0.15) is 0 Å². The van der Waals surface area contributed by atoms with Gasteiger partial charge in [-0.1, -0.05) is 6.92 Å². The molecule has 0 radical (unpaired) electrons. The van der Waals surface area contributed by atoms with Gasteiger partial charge in [-0.2, -0.15) is 0 Å². The Morgan fingerprint density at radius 3 is 2.44 bits per heavy atom. The van der Waals surface area contributed by atoms with Gasteiger partial charge in [0, 0.05) is 70.7 Å². The molecule has 0 aromatic carbocycles. The van der Waals surface area contributed by atoms with Gasteiger partial charge in [0.15, 0.2) is 0 Å². The Morgan fingerprint density at radius 2 is 1.78 bits per heavy atom. The lowest BCUT2D eigenvalue weighted by Gasteiger charge is -2.34. The lowest BCUT2D eigenvalue weighted by Crippen LogP contribution is -2.49. The fourth-order valence-corrected chi connectivity index (χ4v) is 2.75. The summed E-state index contributed by atoms with van der Waals surface area (Å²) in [6.45, 7) is 9.27. The Balaban J connectivity index is 1.52. The van der Waals surface area contributed by atoms with E-state index in [4.69, 9.17) is 0 Å². The van der Waals surface area contributed by atoms with Crippen LogP contribution in [-0.4, -0.2) is 78.7 Å². The van der Waals surface area contributed by atoms with Gasteiger partial charge < -0.3 is 20.9 Å². The monoisotopic (exact) mass is 377 g/mol. The average molecular weight is 377 g/mol. The van der Waals surface area contributed by atoms with Crippen molar-refractivity contribution in [3.05, 3.63) is 18.5 Å². The number of nitrogens with one attached hydrogen (secondary N) is 3. The van der Waals surface area contributed by atoms with Crippen molar-refractivity contribution in [1.82, 2.24) is 30.8 Å². The summed E-state index contributed by atoms with van der Waals surface area (Å²) in [6.07, 6.45) is 4.70. The Hall–Kier alpha value is -2.42. The maximum absolute atomic E-state index is 11.8. The van der Waals surface area contributed by atoms with Crippen LogP contribution in [0.5, 0.6) is 0 Å². The first-order valence-electron chi connectivity index (χ1n) is 9.64. The quantitative estimate of drug-likeness (QED) is 0.568. The van der Waals surface area contributed by atoms with Crippen LogP contribution < -0.4 is 20.9 Å². The maximum Gasteiger partial charge on any atom is 0.314 e. The molecule has 0 aliphatic carbocycles. The molecular formula is C18H31N7O2. The number of amides is 3. The highest BCUT2D eigenvalue weighted by Crippen LogP contribution is 2.08. The number of rotatable bonds is 9. The molecule has 27 heavy (non-hydrogen) atoms. The zero-order valence-corrected chi connectivity index (χ0v) is 16.3. The molecule has 1 aromatic heterocycles. The largest absolute Gasteiger partial charge is 0.354 e. The summed E-state index contributed by atoms with van der Waals surface area (Å²) >= 11 is 0. The number of piperazine rings is 1. The minimum absolute atomic E-state index is 0.0371. The minimum Gasteiger partial charge on any atom is -0.354 e. The van der Waals surface area contributed by atoms with Crippen molar-refractivity contribution in [1.29, 1.82) is 0 Å². The lowest BCUT2D eigenvalue weighted by molar-refractivity contribution is -0.121. The summed E-state index contributed by atoms with van der Waals surface area (Å²) in [5, 5.41) is 8.43. The van der Waals surface area contributed by atoms with E-state index in [1.165, 1.54) is 0 Å². The van der Waals surface area contributed by atoms with E-state index in [1.807, 2.05) is 19.9 Å². The van der Waals surface area contributed by atoms with Gasteiger partial charge in [-0.15, -0.1) is 0 Å². The molecule has 0 spiro atoms. The van der Waals surface area contributed by atoms with E-state index in [-0.39, 0.29) is 18.0 Å². The number of urea groups is 1. The molecule has 150 valence electrons. The number of carbonyl (C=O) groups excluding carboxylic acids is 2. The van der Waals surface area contributed by atoms with Crippen LogP contribution in [0.25, 0.3) is 0 Å². The van der Waals surface area contributed by atoms with E-state index in [9.17, 15) is 9.59 Å². The molecule has 1 unspecified atom stereocenters. The molecule has 9 nitrogen and oxygen atoms in total. The third-order valence-corrected chi connectivity index (χ3v) is 4.58. The molecule has 1 saturated heterocycles. The van der Waals surface area contributed by atoms with Crippen molar-refractivity contribution in [3.63, 3.8) is 0 Å². The summed E-state index contributed by atoms with van der Waals surface area (Å²) in [5.74, 6) is 0.733. The SMILES string of the molecule is CCC(C)NC(=O)CCNC(=O)NCCN1CCN(c2ncccn2)CC1. The molecule has 0 saturated carbocycles. The first-order chi connectivity index (χ1) is 13.1. The second-order valence-corrected chi connectivity index (χ2v) is 6.69. The summed E-state index contributed by atoms with van der Waals surface area (Å²) in [5.41, 5.74) is 0. The predicted molar refractivity (Wildman–Crippen MR) is 105 cm³/mol. The number of aromatic nitrogens is 2. The summed E-state index contributed by atoms with van der Waals surface area (Å²) in [4.78, 5) is 36.5. The first-order valence-corrected chi connectivity index (χ1v) is 9.64. The average Bonchev–Trinajstić information content (AvgIpc) is 2.69. The Labute approximate surface area is 160 Å². The number of nitrogens with zero attached hydrogens (tertiary/aromatic N) is 4. The fraction of sp³-hybridized carbons (Fsp3) is 0.667. The normalized spacial score (nSPS) is 15.9. The van der Waals surface area contributed by atoms with Crippen molar-refractivity contribution in [2.24, 2.45) is 0 Å². The van der Waals surface area contributed by atoms with Crippen molar-refractivity contribution in [2.45, 2.75) is 32.7 Å². The molecule has 1 aromatic rings. The van der Waals surface area contributed by atoms with Crippen LogP contribution in [0.4, 0.5) is 10.7 Å². The molecule has 9 heteroatoms. The van der Waals surface area contributed by atoms with Crippen LogP contribution in [0, 0.1) is 0 Å². The Bertz CT molecular complexity index is 576. The molecule has 1 aliphatic heterocycles. The number of hydrogen-bond donors (Lipinski definition) is 3. The van der Waals surface area contributed by atoms with Crippen LogP contribution in [0.3, 0.4) is 0 Å². The van der Waals surface area contributed by atoms with E-state index < -0.39 is 0 Å². The molecule has 2 rings (SSSR count). The molecular weight excluding hydrogens is 346 g/mol. The van der Waals surface area contributed by atoms with E-state index in [0.29, 0.717) is 19.5 Å². The number of hydrogen-bond acceptors (Lipinski definition) is 6. The molecule has 3 amide bonds. The highest BCUT2D eigenvalue weighted by Gasteiger charge is 2.18. The lowest BCUT2D eigenvalue weighted by atomic mass is 10.2.